The maximum absolute atomic E-state index is 13.4. The number of methoxy groups -OCH3 is 1. The zero-order valence-electron chi connectivity index (χ0n) is 10.1. The van der Waals surface area contributed by atoms with Crippen molar-refractivity contribution in [2.24, 2.45) is 0 Å². The predicted molar refractivity (Wildman–Crippen MR) is 68.8 cm³/mol. The van der Waals surface area contributed by atoms with E-state index in [0.717, 1.165) is 32.4 Å². The Hall–Kier alpha value is -0.640. The smallest absolute Gasteiger partial charge is 0.129 e. The van der Waals surface area contributed by atoms with E-state index in [1.54, 1.807) is 19.2 Å². The van der Waals surface area contributed by atoms with Gasteiger partial charge in [-0.3, -0.25) is 0 Å². The number of halogens is 2. The van der Waals surface area contributed by atoms with E-state index >= 15 is 0 Å². The Kier molecular flexibility index (Phi) is 7.17. The van der Waals surface area contributed by atoms with Gasteiger partial charge in [0.05, 0.1) is 0 Å². The van der Waals surface area contributed by atoms with E-state index in [1.165, 1.54) is 6.07 Å². The summed E-state index contributed by atoms with van der Waals surface area (Å²) in [4.78, 5) is 0. The summed E-state index contributed by atoms with van der Waals surface area (Å²) in [7, 11) is 1.71. The molecule has 0 atom stereocenters. The Bertz CT molecular complexity index is 333. The summed E-state index contributed by atoms with van der Waals surface area (Å²) in [6.07, 6.45) is 3.29. The fourth-order valence-electron chi connectivity index (χ4n) is 1.56. The molecule has 0 saturated carbocycles. The highest BCUT2D eigenvalue weighted by atomic mass is 35.5. The van der Waals surface area contributed by atoms with Gasteiger partial charge in [-0.25, -0.2) is 4.39 Å². The van der Waals surface area contributed by atoms with Crippen LogP contribution < -0.4 is 5.32 Å². The minimum atomic E-state index is -0.246. The lowest BCUT2D eigenvalue weighted by Gasteiger charge is -2.06. The molecule has 1 aromatic carbocycles. The summed E-state index contributed by atoms with van der Waals surface area (Å²) in [5.74, 6) is -0.246. The second-order valence-corrected chi connectivity index (χ2v) is 4.40. The lowest BCUT2D eigenvalue weighted by atomic mass is 10.2. The van der Waals surface area contributed by atoms with Crippen LogP contribution >= 0.6 is 11.6 Å². The number of ether oxygens (including phenoxy) is 1. The SMILES string of the molecule is COCCCCCNCc1ccc(Cl)cc1F. The van der Waals surface area contributed by atoms with Crippen molar-refractivity contribution in [1.82, 2.24) is 5.32 Å². The van der Waals surface area contributed by atoms with Gasteiger partial charge in [-0.1, -0.05) is 17.7 Å². The van der Waals surface area contributed by atoms with Crippen LogP contribution in [0.5, 0.6) is 0 Å². The molecule has 17 heavy (non-hydrogen) atoms. The molecule has 0 fully saturated rings. The summed E-state index contributed by atoms with van der Waals surface area (Å²) in [6, 6.07) is 4.77. The highest BCUT2D eigenvalue weighted by molar-refractivity contribution is 6.30. The zero-order valence-corrected chi connectivity index (χ0v) is 10.9. The molecule has 1 aromatic rings. The molecule has 0 aliphatic carbocycles. The van der Waals surface area contributed by atoms with Crippen LogP contribution in [0.1, 0.15) is 24.8 Å². The Labute approximate surface area is 107 Å². The van der Waals surface area contributed by atoms with Gasteiger partial charge < -0.3 is 10.1 Å². The van der Waals surface area contributed by atoms with E-state index in [-0.39, 0.29) is 5.82 Å². The van der Waals surface area contributed by atoms with Crippen molar-refractivity contribution in [3.63, 3.8) is 0 Å². The van der Waals surface area contributed by atoms with Gasteiger partial charge in [0.2, 0.25) is 0 Å². The average molecular weight is 260 g/mol. The number of unbranched alkanes of at least 4 members (excludes halogenated alkanes) is 2. The molecule has 0 saturated heterocycles. The molecule has 0 aromatic heterocycles. The Morgan fingerprint density at radius 1 is 1.29 bits per heavy atom. The standard InChI is InChI=1S/C13H19ClFNO/c1-17-8-4-2-3-7-16-10-11-5-6-12(14)9-13(11)15/h5-6,9,16H,2-4,7-8,10H2,1H3. The van der Waals surface area contributed by atoms with Gasteiger partial charge in [0.25, 0.3) is 0 Å². The molecule has 0 amide bonds. The molecule has 0 aliphatic rings. The highest BCUT2D eigenvalue weighted by Gasteiger charge is 2.01. The summed E-state index contributed by atoms with van der Waals surface area (Å²) < 4.78 is 18.3. The van der Waals surface area contributed by atoms with Crippen molar-refractivity contribution < 1.29 is 9.13 Å². The topological polar surface area (TPSA) is 21.3 Å². The van der Waals surface area contributed by atoms with Crippen LogP contribution in [0.15, 0.2) is 18.2 Å². The van der Waals surface area contributed by atoms with Crippen LogP contribution in [-0.4, -0.2) is 20.3 Å². The van der Waals surface area contributed by atoms with Crippen LogP contribution in [0.3, 0.4) is 0 Å². The average Bonchev–Trinajstić information content (AvgIpc) is 2.30. The van der Waals surface area contributed by atoms with Crippen LogP contribution in [0.25, 0.3) is 0 Å². The Balaban J connectivity index is 2.14. The molecule has 0 bridgehead atoms. The zero-order chi connectivity index (χ0) is 12.5. The van der Waals surface area contributed by atoms with Crippen molar-refractivity contribution in [2.45, 2.75) is 25.8 Å². The number of rotatable bonds is 8. The first-order valence-electron chi connectivity index (χ1n) is 5.87. The lowest BCUT2D eigenvalue weighted by Crippen LogP contribution is -2.15. The number of benzene rings is 1. The quantitative estimate of drug-likeness (QED) is 0.723. The third-order valence-corrected chi connectivity index (χ3v) is 2.77. The fraction of sp³-hybridized carbons (Fsp3) is 0.538. The van der Waals surface area contributed by atoms with E-state index in [9.17, 15) is 4.39 Å². The van der Waals surface area contributed by atoms with Crippen molar-refractivity contribution in [3.8, 4) is 0 Å². The molecular formula is C13H19ClFNO. The summed E-state index contributed by atoms with van der Waals surface area (Å²) >= 11 is 5.68. The summed E-state index contributed by atoms with van der Waals surface area (Å²) in [5, 5.41) is 3.65. The second-order valence-electron chi connectivity index (χ2n) is 3.97. The summed E-state index contributed by atoms with van der Waals surface area (Å²) in [6.45, 7) is 2.25. The van der Waals surface area contributed by atoms with E-state index in [4.69, 9.17) is 16.3 Å². The number of hydrogen-bond donors (Lipinski definition) is 1. The normalized spacial score (nSPS) is 10.8. The second kappa shape index (κ2) is 8.45. The van der Waals surface area contributed by atoms with Gasteiger partial charge in [0.15, 0.2) is 0 Å². The van der Waals surface area contributed by atoms with Crippen molar-refractivity contribution >= 4 is 11.6 Å². The molecule has 1 rings (SSSR count). The van der Waals surface area contributed by atoms with E-state index in [2.05, 4.69) is 5.32 Å². The van der Waals surface area contributed by atoms with E-state index in [1.807, 2.05) is 0 Å². The monoisotopic (exact) mass is 259 g/mol. The third kappa shape index (κ3) is 6.01. The molecule has 0 spiro atoms. The van der Waals surface area contributed by atoms with Crippen LogP contribution in [-0.2, 0) is 11.3 Å². The van der Waals surface area contributed by atoms with Crippen LogP contribution in [0.4, 0.5) is 4.39 Å². The largest absolute Gasteiger partial charge is 0.385 e. The summed E-state index contributed by atoms with van der Waals surface area (Å²) in [5.41, 5.74) is 0.659. The maximum Gasteiger partial charge on any atom is 0.129 e. The van der Waals surface area contributed by atoms with Crippen molar-refractivity contribution in [1.29, 1.82) is 0 Å². The van der Waals surface area contributed by atoms with Gasteiger partial charge in [-0.15, -0.1) is 0 Å². The lowest BCUT2D eigenvalue weighted by molar-refractivity contribution is 0.192. The van der Waals surface area contributed by atoms with Crippen LogP contribution in [0, 0.1) is 5.82 Å². The molecule has 0 aliphatic heterocycles. The first kappa shape index (κ1) is 14.4. The van der Waals surface area contributed by atoms with Crippen molar-refractivity contribution in [2.75, 3.05) is 20.3 Å². The Morgan fingerprint density at radius 2 is 2.12 bits per heavy atom. The Morgan fingerprint density at radius 3 is 2.82 bits per heavy atom. The minimum absolute atomic E-state index is 0.246. The number of nitrogens with one attached hydrogen (secondary N) is 1. The third-order valence-electron chi connectivity index (χ3n) is 2.53. The first-order valence-corrected chi connectivity index (χ1v) is 6.25. The molecule has 0 heterocycles. The van der Waals surface area contributed by atoms with Gasteiger partial charge in [0.1, 0.15) is 5.82 Å². The van der Waals surface area contributed by atoms with Gasteiger partial charge in [0, 0.05) is 30.8 Å². The number of hydrogen-bond acceptors (Lipinski definition) is 2. The minimum Gasteiger partial charge on any atom is -0.385 e. The van der Waals surface area contributed by atoms with Gasteiger partial charge in [-0.05, 0) is 37.9 Å². The molecule has 0 unspecified atom stereocenters. The van der Waals surface area contributed by atoms with Gasteiger partial charge in [-0.2, -0.15) is 0 Å². The van der Waals surface area contributed by atoms with E-state index in [0.29, 0.717) is 17.1 Å². The fourth-order valence-corrected chi connectivity index (χ4v) is 1.72. The predicted octanol–water partition coefficient (Wildman–Crippen LogP) is 3.39. The highest BCUT2D eigenvalue weighted by Crippen LogP contribution is 2.14. The molecule has 1 N–H and O–H groups in total. The maximum atomic E-state index is 13.4. The molecule has 0 radical (unpaired) electrons. The van der Waals surface area contributed by atoms with Crippen molar-refractivity contribution in [3.05, 3.63) is 34.6 Å². The molecule has 2 nitrogen and oxygen atoms in total. The van der Waals surface area contributed by atoms with E-state index < -0.39 is 0 Å². The molecule has 4 heteroatoms. The van der Waals surface area contributed by atoms with Gasteiger partial charge >= 0.3 is 0 Å². The molecule has 96 valence electrons. The molecular weight excluding hydrogens is 241 g/mol. The van der Waals surface area contributed by atoms with Crippen LogP contribution in [0.2, 0.25) is 5.02 Å². The first-order chi connectivity index (χ1) is 8.24.